The van der Waals surface area contributed by atoms with Crippen LogP contribution in [0.4, 0.5) is 14.5 Å². The van der Waals surface area contributed by atoms with Crippen molar-refractivity contribution in [2.24, 2.45) is 5.73 Å². The zero-order chi connectivity index (χ0) is 14.5. The van der Waals surface area contributed by atoms with Gasteiger partial charge in [-0.1, -0.05) is 0 Å². The molecule has 2 aromatic rings. The summed E-state index contributed by atoms with van der Waals surface area (Å²) in [6, 6.07) is 4.34. The Morgan fingerprint density at radius 1 is 1.40 bits per heavy atom. The van der Waals surface area contributed by atoms with Crippen LogP contribution < -0.4 is 10.6 Å². The van der Waals surface area contributed by atoms with E-state index < -0.39 is 17.4 Å². The Morgan fingerprint density at radius 3 is 2.70 bits per heavy atom. The Hall–Kier alpha value is -2.24. The highest BCUT2D eigenvalue weighted by Crippen LogP contribution is 2.33. The molecular weight excluding hydrogens is 264 g/mol. The number of hydrogen-bond donors (Lipinski definition) is 1. The van der Waals surface area contributed by atoms with Crippen molar-refractivity contribution in [1.29, 1.82) is 0 Å². The average Bonchev–Trinajstić information content (AvgIpc) is 2.34. The summed E-state index contributed by atoms with van der Waals surface area (Å²) in [4.78, 5) is 16.8. The monoisotopic (exact) mass is 277 g/mol. The fourth-order valence-corrected chi connectivity index (χ4v) is 2.43. The van der Waals surface area contributed by atoms with Gasteiger partial charge < -0.3 is 10.6 Å². The third kappa shape index (κ3) is 2.07. The molecule has 20 heavy (non-hydrogen) atoms. The van der Waals surface area contributed by atoms with Crippen molar-refractivity contribution in [2.45, 2.75) is 12.6 Å². The Kier molecular flexibility index (Phi) is 2.64. The van der Waals surface area contributed by atoms with Crippen molar-refractivity contribution < 1.29 is 13.6 Å². The molecule has 0 aliphatic carbocycles. The Morgan fingerprint density at radius 2 is 2.10 bits per heavy atom. The van der Waals surface area contributed by atoms with E-state index in [0.29, 0.717) is 16.6 Å². The van der Waals surface area contributed by atoms with Crippen LogP contribution in [-0.4, -0.2) is 29.6 Å². The highest BCUT2D eigenvalue weighted by Gasteiger charge is 2.39. The van der Waals surface area contributed by atoms with Gasteiger partial charge in [-0.15, -0.1) is 0 Å². The summed E-state index contributed by atoms with van der Waals surface area (Å²) in [6.45, 7) is 1.81. The molecule has 1 aromatic heterocycles. The molecule has 3 rings (SSSR count). The number of alkyl halides is 1. The quantitative estimate of drug-likeness (QED) is 0.913. The molecule has 2 N–H and O–H groups in total. The molecule has 1 aliphatic heterocycles. The molecule has 0 radical (unpaired) electrons. The molecule has 1 fully saturated rings. The minimum atomic E-state index is -1.27. The average molecular weight is 277 g/mol. The van der Waals surface area contributed by atoms with Gasteiger partial charge in [0.2, 0.25) is 5.91 Å². The summed E-state index contributed by atoms with van der Waals surface area (Å²) in [5.41, 5.74) is 4.98. The molecule has 104 valence electrons. The van der Waals surface area contributed by atoms with Gasteiger partial charge in [-0.05, 0) is 25.1 Å². The normalized spacial score (nSPS) is 17.1. The van der Waals surface area contributed by atoms with E-state index in [2.05, 4.69) is 4.98 Å². The molecule has 1 amide bonds. The second kappa shape index (κ2) is 4.13. The topological polar surface area (TPSA) is 59.2 Å². The third-order valence-corrected chi connectivity index (χ3v) is 3.42. The van der Waals surface area contributed by atoms with E-state index in [1.54, 1.807) is 11.0 Å². The Balaban J connectivity index is 2.02. The number of rotatable bonds is 2. The van der Waals surface area contributed by atoms with Crippen LogP contribution in [0, 0.1) is 5.82 Å². The number of primary amides is 1. The van der Waals surface area contributed by atoms with Crippen LogP contribution in [-0.2, 0) is 0 Å². The van der Waals surface area contributed by atoms with Crippen molar-refractivity contribution in [3.8, 4) is 0 Å². The van der Waals surface area contributed by atoms with Crippen molar-refractivity contribution in [2.75, 3.05) is 18.0 Å². The van der Waals surface area contributed by atoms with Gasteiger partial charge in [0.05, 0.1) is 29.9 Å². The largest absolute Gasteiger partial charge is 0.366 e. The maximum absolute atomic E-state index is 14.1. The molecule has 6 heteroatoms. The number of aromatic nitrogens is 1. The maximum Gasteiger partial charge on any atom is 0.250 e. The minimum absolute atomic E-state index is 0.162. The number of carbonyl (C=O) groups is 1. The molecule has 2 heterocycles. The van der Waals surface area contributed by atoms with Crippen molar-refractivity contribution in [1.82, 2.24) is 4.98 Å². The lowest BCUT2D eigenvalue weighted by atomic mass is 9.97. The van der Waals surface area contributed by atoms with Crippen LogP contribution in [0.3, 0.4) is 0 Å². The first-order valence-corrected chi connectivity index (χ1v) is 6.19. The number of hydrogen-bond acceptors (Lipinski definition) is 3. The number of halogens is 2. The summed E-state index contributed by atoms with van der Waals surface area (Å²) >= 11 is 0. The third-order valence-electron chi connectivity index (χ3n) is 3.42. The van der Waals surface area contributed by atoms with Gasteiger partial charge >= 0.3 is 0 Å². The second-order valence-corrected chi connectivity index (χ2v) is 5.35. The van der Waals surface area contributed by atoms with Crippen LogP contribution in [0.2, 0.25) is 0 Å². The lowest BCUT2D eigenvalue weighted by Gasteiger charge is -2.43. The Bertz CT molecular complexity index is 707. The van der Waals surface area contributed by atoms with Crippen LogP contribution in [0.1, 0.15) is 17.3 Å². The number of fused-ring (bicyclic) bond motifs is 1. The van der Waals surface area contributed by atoms with Crippen LogP contribution in [0.25, 0.3) is 10.9 Å². The van der Waals surface area contributed by atoms with Gasteiger partial charge in [-0.2, -0.15) is 0 Å². The highest BCUT2D eigenvalue weighted by molar-refractivity contribution is 5.96. The standard InChI is InChI=1S/C14H13F2N3O/c1-14(16)6-19(7-14)12-4-11-8(3-10(12)15)2-9(5-18-11)13(17)20/h2-5H,6-7H2,1H3,(H2,17,20). The summed E-state index contributed by atoms with van der Waals surface area (Å²) in [7, 11) is 0. The molecule has 1 saturated heterocycles. The van der Waals surface area contributed by atoms with Crippen molar-refractivity contribution in [3.63, 3.8) is 0 Å². The number of anilines is 1. The fraction of sp³-hybridized carbons (Fsp3) is 0.286. The molecule has 0 saturated carbocycles. The fourth-order valence-electron chi connectivity index (χ4n) is 2.43. The number of pyridine rings is 1. The molecule has 0 spiro atoms. The summed E-state index contributed by atoms with van der Waals surface area (Å²) in [6.07, 6.45) is 1.35. The van der Waals surface area contributed by atoms with Gasteiger partial charge in [0.15, 0.2) is 0 Å². The Labute approximate surface area is 114 Å². The maximum atomic E-state index is 14.1. The smallest absolute Gasteiger partial charge is 0.250 e. The van der Waals surface area contributed by atoms with E-state index >= 15 is 0 Å². The van der Waals surface area contributed by atoms with Crippen molar-refractivity contribution >= 4 is 22.5 Å². The van der Waals surface area contributed by atoms with Gasteiger partial charge in [-0.3, -0.25) is 9.78 Å². The van der Waals surface area contributed by atoms with Crippen LogP contribution >= 0.6 is 0 Å². The summed E-state index contributed by atoms with van der Waals surface area (Å²) in [5, 5.41) is 0.492. The van der Waals surface area contributed by atoms with Gasteiger partial charge in [0.25, 0.3) is 0 Å². The van der Waals surface area contributed by atoms with Crippen LogP contribution in [0.15, 0.2) is 24.4 Å². The van der Waals surface area contributed by atoms with E-state index in [0.717, 1.165) is 0 Å². The summed E-state index contributed by atoms with van der Waals surface area (Å²) in [5.74, 6) is -1.07. The molecule has 0 bridgehead atoms. The molecular formula is C14H13F2N3O. The molecule has 4 nitrogen and oxygen atoms in total. The highest BCUT2D eigenvalue weighted by atomic mass is 19.1. The van der Waals surface area contributed by atoms with Crippen LogP contribution in [0.5, 0.6) is 0 Å². The molecule has 0 atom stereocenters. The first kappa shape index (κ1) is 12.8. The van der Waals surface area contributed by atoms with E-state index in [1.807, 2.05) is 0 Å². The summed E-state index contributed by atoms with van der Waals surface area (Å²) < 4.78 is 27.6. The van der Waals surface area contributed by atoms with E-state index in [-0.39, 0.29) is 18.7 Å². The molecule has 0 unspecified atom stereocenters. The lowest BCUT2D eigenvalue weighted by Crippen LogP contribution is -2.57. The van der Waals surface area contributed by atoms with Crippen molar-refractivity contribution in [3.05, 3.63) is 35.8 Å². The zero-order valence-corrected chi connectivity index (χ0v) is 10.9. The second-order valence-electron chi connectivity index (χ2n) is 5.35. The molecule has 1 aromatic carbocycles. The van der Waals surface area contributed by atoms with E-state index in [4.69, 9.17) is 5.73 Å². The number of carbonyl (C=O) groups excluding carboxylic acids is 1. The predicted octanol–water partition coefficient (Wildman–Crippen LogP) is 2.02. The lowest BCUT2D eigenvalue weighted by molar-refractivity contribution is 0.1000. The minimum Gasteiger partial charge on any atom is -0.366 e. The molecule has 1 aliphatic rings. The van der Waals surface area contributed by atoms with Gasteiger partial charge in [0.1, 0.15) is 11.5 Å². The van der Waals surface area contributed by atoms with E-state index in [9.17, 15) is 13.6 Å². The zero-order valence-electron chi connectivity index (χ0n) is 10.9. The SMILES string of the molecule is CC1(F)CN(c2cc3ncc(C(N)=O)cc3cc2F)C1. The number of nitrogens with zero attached hydrogens (tertiary/aromatic N) is 2. The number of amides is 1. The first-order valence-electron chi connectivity index (χ1n) is 6.19. The van der Waals surface area contributed by atoms with Gasteiger partial charge in [-0.25, -0.2) is 8.78 Å². The first-order chi connectivity index (χ1) is 9.35. The van der Waals surface area contributed by atoms with E-state index in [1.165, 1.54) is 25.3 Å². The number of nitrogens with two attached hydrogens (primary N) is 1. The number of benzene rings is 1. The predicted molar refractivity (Wildman–Crippen MR) is 71.9 cm³/mol. The van der Waals surface area contributed by atoms with Gasteiger partial charge in [0, 0.05) is 11.6 Å².